The van der Waals surface area contributed by atoms with Crippen molar-refractivity contribution in [3.63, 3.8) is 0 Å². The maximum Gasteiger partial charge on any atom is 0.306 e. The molecule has 0 N–H and O–H groups in total. The summed E-state index contributed by atoms with van der Waals surface area (Å²) in [4.78, 5) is 22.1. The van der Waals surface area contributed by atoms with Gasteiger partial charge >= 0.3 is 5.97 Å². The second kappa shape index (κ2) is 12.8. The predicted octanol–water partition coefficient (Wildman–Crippen LogP) is 7.77. The molecule has 0 saturated heterocycles. The van der Waals surface area contributed by atoms with Crippen molar-refractivity contribution in [2.45, 2.75) is 61.3 Å². The van der Waals surface area contributed by atoms with Gasteiger partial charge in [-0.05, 0) is 81.8 Å². The fourth-order valence-corrected chi connectivity index (χ4v) is 4.14. The lowest BCUT2D eigenvalue weighted by Gasteiger charge is -2.14. The van der Waals surface area contributed by atoms with Crippen LogP contribution in [0.25, 0.3) is 0 Å². The number of ether oxygens (including phenoxy) is 1. The summed E-state index contributed by atoms with van der Waals surface area (Å²) < 4.78 is 5.21. The Morgan fingerprint density at radius 3 is 1.65 bits per heavy atom. The molecule has 5 heteroatoms. The van der Waals surface area contributed by atoms with Gasteiger partial charge in [-0.2, -0.15) is 0 Å². The van der Waals surface area contributed by atoms with Crippen LogP contribution in [0.1, 0.15) is 53.1 Å². The normalized spacial score (nSPS) is 11.1. The quantitative estimate of drug-likeness (QED) is 0.225. The second-order valence-corrected chi connectivity index (χ2v) is 9.27. The van der Waals surface area contributed by atoms with Gasteiger partial charge in [0.15, 0.2) is 0 Å². The van der Waals surface area contributed by atoms with Crippen molar-refractivity contribution in [1.82, 2.24) is 5.32 Å². The van der Waals surface area contributed by atoms with E-state index in [1.54, 1.807) is 0 Å². The number of para-hydroxylation sites is 3. The summed E-state index contributed by atoms with van der Waals surface area (Å²) in [5.74, 6) is 2.96. The molecule has 1 radical (unpaired) electrons. The molecule has 0 heterocycles. The number of benzene rings is 3. The van der Waals surface area contributed by atoms with Gasteiger partial charge in [0.25, 0.3) is 0 Å². The van der Waals surface area contributed by atoms with Crippen LogP contribution in [-0.4, -0.2) is 24.2 Å². The first-order valence-electron chi connectivity index (χ1n) is 12.7. The van der Waals surface area contributed by atoms with E-state index in [2.05, 4.69) is 5.87 Å². The zero-order chi connectivity index (χ0) is 26.9. The van der Waals surface area contributed by atoms with E-state index < -0.39 is 0 Å². The molecule has 0 unspecified atom stereocenters. The average Bonchev–Trinajstić information content (AvgIpc) is 2.84. The van der Waals surface area contributed by atoms with Crippen molar-refractivity contribution in [3.05, 3.63) is 93.7 Å². The zero-order valence-corrected chi connectivity index (χ0v) is 23.0. The van der Waals surface area contributed by atoms with Crippen molar-refractivity contribution in [2.75, 3.05) is 6.61 Å². The summed E-state index contributed by atoms with van der Waals surface area (Å²) in [7, 11) is 0. The van der Waals surface area contributed by atoms with Gasteiger partial charge in [-0.15, -0.1) is 0 Å². The molecule has 0 aromatic heterocycles. The summed E-state index contributed by atoms with van der Waals surface area (Å²) in [5.41, 5.74) is 10.0. The molecule has 0 amide bonds. The largest absolute Gasteiger partial charge is 0.466 e. The van der Waals surface area contributed by atoms with Crippen molar-refractivity contribution >= 4 is 34.6 Å². The van der Waals surface area contributed by atoms with E-state index in [1.165, 1.54) is 0 Å². The Balaban J connectivity index is 2.23. The van der Waals surface area contributed by atoms with Gasteiger partial charge < -0.3 is 4.74 Å². The van der Waals surface area contributed by atoms with Crippen LogP contribution in [0.5, 0.6) is 0 Å². The number of rotatable bonds is 9. The highest BCUT2D eigenvalue weighted by atomic mass is 16.5. The summed E-state index contributed by atoms with van der Waals surface area (Å²) in [6, 6.07) is 18.2. The average molecular weight is 495 g/mol. The molecule has 5 nitrogen and oxygen atoms in total. The number of carbonyl (C=O) groups excluding carboxylic acids is 1. The first-order chi connectivity index (χ1) is 17.7. The minimum absolute atomic E-state index is 0.189. The van der Waals surface area contributed by atoms with Crippen LogP contribution in [0.3, 0.4) is 0 Å². The molecule has 0 aliphatic carbocycles. The van der Waals surface area contributed by atoms with E-state index in [4.69, 9.17) is 20.0 Å². The number of aliphatic imine (C=N–C) groups is 2. The zero-order valence-electron chi connectivity index (χ0n) is 23.0. The van der Waals surface area contributed by atoms with E-state index in [0.717, 1.165) is 50.4 Å². The van der Waals surface area contributed by atoms with Gasteiger partial charge in [0.1, 0.15) is 5.70 Å². The van der Waals surface area contributed by atoms with Crippen LogP contribution >= 0.6 is 0 Å². The summed E-state index contributed by atoms with van der Waals surface area (Å²) in [5, 5.41) is 5.04. The van der Waals surface area contributed by atoms with Gasteiger partial charge in [0, 0.05) is 12.3 Å². The maximum absolute atomic E-state index is 12.3. The van der Waals surface area contributed by atoms with Crippen molar-refractivity contribution in [2.24, 2.45) is 9.98 Å². The molecule has 37 heavy (non-hydrogen) atoms. The number of nitrogens with zero attached hydrogens (tertiary/aromatic N) is 3. The highest BCUT2D eigenvalue weighted by molar-refractivity contribution is 6.09. The number of carbonyl (C=O) groups is 1. The lowest BCUT2D eigenvalue weighted by molar-refractivity contribution is -0.142. The Morgan fingerprint density at radius 2 is 1.16 bits per heavy atom. The second-order valence-electron chi connectivity index (χ2n) is 9.27. The lowest BCUT2D eigenvalue weighted by atomic mass is 10.1. The fraction of sp³-hybridized carbons (Fsp3) is 0.312. The molecule has 0 fully saturated rings. The van der Waals surface area contributed by atoms with Gasteiger partial charge in [-0.3, -0.25) is 4.79 Å². The Hall–Kier alpha value is -3.95. The third-order valence-corrected chi connectivity index (χ3v) is 6.21. The van der Waals surface area contributed by atoms with E-state index in [9.17, 15) is 4.79 Å². The van der Waals surface area contributed by atoms with Crippen LogP contribution in [0.4, 0.5) is 17.1 Å². The molecule has 3 aromatic carbocycles. The van der Waals surface area contributed by atoms with E-state index in [1.807, 2.05) is 103 Å². The monoisotopic (exact) mass is 494 g/mol. The minimum Gasteiger partial charge on any atom is -0.466 e. The number of hydrogen-bond donors (Lipinski definition) is 0. The number of esters is 1. The van der Waals surface area contributed by atoms with Crippen LogP contribution in [0, 0.1) is 41.5 Å². The van der Waals surface area contributed by atoms with Gasteiger partial charge in [0.2, 0.25) is 0 Å². The molecule has 0 spiro atoms. The fourth-order valence-electron chi connectivity index (χ4n) is 4.14. The molecule has 191 valence electrons. The summed E-state index contributed by atoms with van der Waals surface area (Å²) in [6.45, 7) is 14.3. The van der Waals surface area contributed by atoms with Gasteiger partial charge in [0.05, 0.1) is 35.8 Å². The third-order valence-electron chi connectivity index (χ3n) is 6.21. The van der Waals surface area contributed by atoms with Crippen molar-refractivity contribution < 1.29 is 9.53 Å². The number of hydrogen-bond acceptors (Lipinski definition) is 4. The lowest BCUT2D eigenvalue weighted by Crippen LogP contribution is -2.16. The summed E-state index contributed by atoms with van der Waals surface area (Å²) >= 11 is 0. The van der Waals surface area contributed by atoms with E-state index >= 15 is 0 Å². The molecule has 0 aliphatic rings. The first-order valence-corrected chi connectivity index (χ1v) is 12.7. The van der Waals surface area contributed by atoms with Crippen LogP contribution < -0.4 is 5.32 Å². The Kier molecular flexibility index (Phi) is 9.59. The van der Waals surface area contributed by atoms with Crippen LogP contribution in [0.15, 0.2) is 70.3 Å². The van der Waals surface area contributed by atoms with Crippen LogP contribution in [-0.2, 0) is 9.53 Å². The number of aryl methyl sites for hydroxylation is 6. The minimum atomic E-state index is -0.269. The third kappa shape index (κ3) is 7.28. The molecule has 3 aromatic rings. The molecule has 3 rings (SSSR count). The molecule has 0 saturated carbocycles. The molecular formula is C32H36N3O2. The molecular weight excluding hydrogens is 458 g/mol. The Morgan fingerprint density at radius 1 is 0.703 bits per heavy atom. The predicted molar refractivity (Wildman–Crippen MR) is 153 cm³/mol. The Bertz CT molecular complexity index is 1320. The smallest absolute Gasteiger partial charge is 0.306 e. The van der Waals surface area contributed by atoms with Crippen LogP contribution in [0.2, 0.25) is 0 Å². The first kappa shape index (κ1) is 27.6. The molecule has 0 bridgehead atoms. The molecule has 0 aliphatic heterocycles. The van der Waals surface area contributed by atoms with E-state index in [-0.39, 0.29) is 12.4 Å². The number of allylic oxidation sites excluding steroid dienone is 1. The maximum atomic E-state index is 12.3. The van der Waals surface area contributed by atoms with Crippen molar-refractivity contribution in [1.29, 1.82) is 0 Å². The highest BCUT2D eigenvalue weighted by Gasteiger charge is 2.17. The standard InChI is InChI=1S/C32H36N3O2/c1-8-37-29(36)19-18-27(34-31-23(4)14-10-15-24(31)5)28(35-32-25(6)16-11-17-26(32)7)20-33-30-21(2)12-9-13-22(30)3/h9-17H,8,18-19H2,1-7H3. The van der Waals surface area contributed by atoms with E-state index in [0.29, 0.717) is 24.4 Å². The topological polar surface area (TPSA) is 65.1 Å². The van der Waals surface area contributed by atoms with Gasteiger partial charge in [-0.25, -0.2) is 15.3 Å². The highest BCUT2D eigenvalue weighted by Crippen LogP contribution is 2.28. The SMILES string of the molecule is CCOC(=O)CCC(=Nc1c(C)cccc1C)C(=C=Nc1c(C)cccc1C)[N]c1c(C)cccc1C. The summed E-state index contributed by atoms with van der Waals surface area (Å²) in [6.07, 6.45) is 0.542. The van der Waals surface area contributed by atoms with Gasteiger partial charge in [-0.1, -0.05) is 54.6 Å². The van der Waals surface area contributed by atoms with Crippen molar-refractivity contribution in [3.8, 4) is 0 Å². The Labute approximate surface area is 221 Å². The molecule has 0 atom stereocenters.